The minimum atomic E-state index is -3.73. The summed E-state index contributed by atoms with van der Waals surface area (Å²) in [5.74, 6) is -1.28. The number of carbonyl (C=O) groups excluding carboxylic acids is 2. The van der Waals surface area contributed by atoms with Crippen molar-refractivity contribution < 1.29 is 28.0 Å². The van der Waals surface area contributed by atoms with Crippen molar-refractivity contribution in [3.63, 3.8) is 0 Å². The van der Waals surface area contributed by atoms with Crippen molar-refractivity contribution in [3.05, 3.63) is 75.3 Å². The van der Waals surface area contributed by atoms with Crippen molar-refractivity contribution in [1.82, 2.24) is 9.21 Å². The number of aliphatic hydroxyl groups excluding tert-OH is 1. The number of hydrogen-bond donors (Lipinski definition) is 1. The van der Waals surface area contributed by atoms with Gasteiger partial charge in [-0.15, -0.1) is 0 Å². The fourth-order valence-electron chi connectivity index (χ4n) is 4.97. The molecule has 1 N–H and O–H groups in total. The van der Waals surface area contributed by atoms with Crippen LogP contribution >= 0.6 is 0 Å². The molecule has 0 unspecified atom stereocenters. The number of anilines is 1. The van der Waals surface area contributed by atoms with E-state index in [-0.39, 0.29) is 60.1 Å². The third-order valence-electron chi connectivity index (χ3n) is 6.80. The zero-order valence-corrected chi connectivity index (χ0v) is 20.8. The van der Waals surface area contributed by atoms with Gasteiger partial charge in [0.1, 0.15) is 5.69 Å². The van der Waals surface area contributed by atoms with E-state index in [1.54, 1.807) is 47.4 Å². The monoisotopic (exact) mass is 524 g/mol. The normalized spacial score (nSPS) is 16.5. The molecule has 192 valence electrons. The molecule has 1 saturated heterocycles. The maximum atomic E-state index is 13.1. The van der Waals surface area contributed by atoms with E-state index in [2.05, 4.69) is 0 Å². The van der Waals surface area contributed by atoms with Gasteiger partial charge >= 0.3 is 0 Å². The summed E-state index contributed by atoms with van der Waals surface area (Å²) in [6.45, 7) is 1.80. The summed E-state index contributed by atoms with van der Waals surface area (Å²) in [7, 11) is -3.73. The molecule has 2 aliphatic heterocycles. The molecule has 0 atom stereocenters. The zero-order valence-electron chi connectivity index (χ0n) is 20.0. The van der Waals surface area contributed by atoms with Gasteiger partial charge in [-0.05, 0) is 25.1 Å². The van der Waals surface area contributed by atoms with Gasteiger partial charge in [0.25, 0.3) is 17.5 Å². The SMILES string of the molecule is Cc1ccc(S(=O)(=O)N2CCN(c3c([N+](=O)[O-])cc4c5c(cccc35)C(=O)N(CCO)C4=O)CC2)cc1. The maximum absolute atomic E-state index is 13.1. The molecule has 0 radical (unpaired) electrons. The van der Waals surface area contributed by atoms with E-state index in [4.69, 9.17) is 0 Å². The number of piperazine rings is 1. The number of sulfonamides is 1. The molecule has 37 heavy (non-hydrogen) atoms. The van der Waals surface area contributed by atoms with Crippen LogP contribution in [-0.2, 0) is 10.0 Å². The smallest absolute Gasteiger partial charge is 0.293 e. The number of amides is 2. The van der Waals surface area contributed by atoms with Crippen LogP contribution in [0.4, 0.5) is 11.4 Å². The molecule has 0 aromatic heterocycles. The number of carbonyl (C=O) groups is 2. The molecule has 0 spiro atoms. The average molecular weight is 525 g/mol. The largest absolute Gasteiger partial charge is 0.395 e. The van der Waals surface area contributed by atoms with E-state index in [1.165, 1.54) is 10.4 Å². The van der Waals surface area contributed by atoms with Crippen molar-refractivity contribution in [2.45, 2.75) is 11.8 Å². The highest BCUT2D eigenvalue weighted by molar-refractivity contribution is 7.89. The average Bonchev–Trinajstić information content (AvgIpc) is 2.89. The van der Waals surface area contributed by atoms with Gasteiger partial charge in [-0.2, -0.15) is 4.31 Å². The van der Waals surface area contributed by atoms with Crippen LogP contribution in [0.5, 0.6) is 0 Å². The summed E-state index contributed by atoms with van der Waals surface area (Å²) >= 11 is 0. The first kappa shape index (κ1) is 24.8. The number of aliphatic hydroxyl groups is 1. The lowest BCUT2D eigenvalue weighted by molar-refractivity contribution is -0.384. The van der Waals surface area contributed by atoms with E-state index in [1.807, 2.05) is 6.92 Å². The molecule has 5 rings (SSSR count). The summed E-state index contributed by atoms with van der Waals surface area (Å²) in [5, 5.41) is 22.1. The van der Waals surface area contributed by atoms with Crippen molar-refractivity contribution in [1.29, 1.82) is 0 Å². The number of hydrogen-bond acceptors (Lipinski definition) is 8. The highest BCUT2D eigenvalue weighted by atomic mass is 32.2. The minimum absolute atomic E-state index is 0.0229. The van der Waals surface area contributed by atoms with Gasteiger partial charge in [0.05, 0.1) is 28.5 Å². The lowest BCUT2D eigenvalue weighted by Crippen LogP contribution is -2.49. The van der Waals surface area contributed by atoms with Crippen LogP contribution in [0.2, 0.25) is 0 Å². The Morgan fingerprint density at radius 2 is 1.62 bits per heavy atom. The summed E-state index contributed by atoms with van der Waals surface area (Å²) in [6, 6.07) is 12.5. The van der Waals surface area contributed by atoms with E-state index in [0.29, 0.717) is 10.8 Å². The molecule has 1 fully saturated rings. The Bertz CT molecular complexity index is 1550. The molecule has 3 aromatic rings. The van der Waals surface area contributed by atoms with Crippen molar-refractivity contribution >= 4 is 44.0 Å². The molecule has 11 nitrogen and oxygen atoms in total. The van der Waals surface area contributed by atoms with Gasteiger partial charge in [0, 0.05) is 48.6 Å². The van der Waals surface area contributed by atoms with Crippen LogP contribution in [0.25, 0.3) is 10.8 Å². The first-order valence-corrected chi connectivity index (χ1v) is 13.1. The molecule has 3 aromatic carbocycles. The Morgan fingerprint density at radius 1 is 0.973 bits per heavy atom. The van der Waals surface area contributed by atoms with Crippen molar-refractivity contribution in [3.8, 4) is 0 Å². The van der Waals surface area contributed by atoms with Crippen LogP contribution in [0, 0.1) is 17.0 Å². The molecule has 0 aliphatic carbocycles. The van der Waals surface area contributed by atoms with E-state index in [0.717, 1.165) is 10.5 Å². The Morgan fingerprint density at radius 3 is 2.24 bits per heavy atom. The number of rotatable bonds is 6. The maximum Gasteiger partial charge on any atom is 0.293 e. The van der Waals surface area contributed by atoms with Gasteiger partial charge in [-0.25, -0.2) is 8.42 Å². The van der Waals surface area contributed by atoms with Crippen LogP contribution in [0.1, 0.15) is 26.3 Å². The quantitative estimate of drug-likeness (QED) is 0.294. The molecular formula is C25H24N4O7S. The fraction of sp³-hybridized carbons (Fsp3) is 0.280. The zero-order chi connectivity index (χ0) is 26.5. The Kier molecular flexibility index (Phi) is 6.18. The van der Waals surface area contributed by atoms with Crippen molar-refractivity contribution in [2.75, 3.05) is 44.2 Å². The van der Waals surface area contributed by atoms with Gasteiger partial charge < -0.3 is 10.0 Å². The number of nitrogens with zero attached hydrogens (tertiary/aromatic N) is 4. The number of aryl methyl sites for hydroxylation is 1. The first-order valence-electron chi connectivity index (χ1n) is 11.7. The van der Waals surface area contributed by atoms with E-state index >= 15 is 0 Å². The number of benzene rings is 3. The van der Waals surface area contributed by atoms with Gasteiger partial charge in [0.15, 0.2) is 0 Å². The molecular weight excluding hydrogens is 500 g/mol. The predicted molar refractivity (Wildman–Crippen MR) is 135 cm³/mol. The number of nitro groups is 1. The van der Waals surface area contributed by atoms with Crippen LogP contribution in [0.3, 0.4) is 0 Å². The predicted octanol–water partition coefficient (Wildman–Crippen LogP) is 2.16. The van der Waals surface area contributed by atoms with Crippen LogP contribution in [0.15, 0.2) is 53.4 Å². The number of imide groups is 1. The third kappa shape index (κ3) is 4.02. The Labute approximate surface area is 212 Å². The van der Waals surface area contributed by atoms with E-state index < -0.39 is 33.4 Å². The standard InChI is InChI=1S/C25H24N4O7S/c1-16-5-7-17(8-6-16)37(35,36)27-11-9-26(10-12-27)23-18-3-2-4-19-22(18)20(15-21(23)29(33)34)25(32)28(13-14-30)24(19)31/h2-8,15,30H,9-14H2,1H3. The molecule has 12 heteroatoms. The lowest BCUT2D eigenvalue weighted by Gasteiger charge is -2.36. The molecule has 0 saturated carbocycles. The molecule has 2 aliphatic rings. The molecule has 2 heterocycles. The minimum Gasteiger partial charge on any atom is -0.395 e. The van der Waals surface area contributed by atoms with Crippen LogP contribution in [-0.4, -0.2) is 78.8 Å². The third-order valence-corrected chi connectivity index (χ3v) is 8.71. The summed E-state index contributed by atoms with van der Waals surface area (Å²) < 4.78 is 27.6. The summed E-state index contributed by atoms with van der Waals surface area (Å²) in [4.78, 5) is 40.4. The summed E-state index contributed by atoms with van der Waals surface area (Å²) in [5.41, 5.74) is 1.12. The Balaban J connectivity index is 1.54. The molecule has 2 amide bonds. The fourth-order valence-corrected chi connectivity index (χ4v) is 6.39. The number of β-amino-alcohol motifs (C(OH)–C–C–N with tert-alkyl or cyclic N) is 1. The highest BCUT2D eigenvalue weighted by Crippen LogP contribution is 2.42. The van der Waals surface area contributed by atoms with E-state index in [9.17, 15) is 33.2 Å². The van der Waals surface area contributed by atoms with Gasteiger partial charge in [-0.3, -0.25) is 24.6 Å². The second kappa shape index (κ2) is 9.21. The first-order chi connectivity index (χ1) is 17.6. The number of nitro benzene ring substituents is 1. The van der Waals surface area contributed by atoms with Gasteiger partial charge in [-0.1, -0.05) is 29.8 Å². The highest BCUT2D eigenvalue weighted by Gasteiger charge is 2.38. The summed E-state index contributed by atoms with van der Waals surface area (Å²) in [6.07, 6.45) is 0. The Hall–Kier alpha value is -3.87. The topological polar surface area (TPSA) is 141 Å². The van der Waals surface area contributed by atoms with Crippen molar-refractivity contribution in [2.24, 2.45) is 0 Å². The van der Waals surface area contributed by atoms with Crippen LogP contribution < -0.4 is 4.90 Å². The second-order valence-electron chi connectivity index (χ2n) is 8.97. The molecule has 0 bridgehead atoms. The second-order valence-corrected chi connectivity index (χ2v) is 10.9. The lowest BCUT2D eigenvalue weighted by atomic mass is 9.91. The van der Waals surface area contributed by atoms with Gasteiger partial charge in [0.2, 0.25) is 10.0 Å².